The zero-order valence-corrected chi connectivity index (χ0v) is 9.09. The molecule has 0 bridgehead atoms. The molecule has 0 saturated carbocycles. The highest BCUT2D eigenvalue weighted by molar-refractivity contribution is 9.10. The Morgan fingerprint density at radius 1 is 1.56 bits per heavy atom. The summed E-state index contributed by atoms with van der Waals surface area (Å²) in [6.07, 6.45) is 1.09. The first-order valence-corrected chi connectivity index (χ1v) is 4.55. The number of hydrogen-bond donors (Lipinski definition) is 1. The van der Waals surface area contributed by atoms with Gasteiger partial charge < -0.3 is 5.11 Å². The average molecular weight is 287 g/mol. The quantitative estimate of drug-likeness (QED) is 0.396. The fourth-order valence-electron chi connectivity index (χ4n) is 1.05. The molecule has 0 radical (unpaired) electrons. The molecule has 16 heavy (non-hydrogen) atoms. The van der Waals surface area contributed by atoms with Crippen LogP contribution in [0.4, 0.5) is 11.4 Å². The Morgan fingerprint density at radius 2 is 2.19 bits per heavy atom. The van der Waals surface area contributed by atoms with Crippen molar-refractivity contribution < 1.29 is 19.6 Å². The second-order valence-corrected chi connectivity index (χ2v) is 3.50. The Kier molecular flexibility index (Phi) is 3.49. The van der Waals surface area contributed by atoms with E-state index in [2.05, 4.69) is 20.9 Å². The summed E-state index contributed by atoms with van der Waals surface area (Å²) in [4.78, 5) is 33.7. The number of aromatic carboxylic acids is 1. The van der Waals surface area contributed by atoms with Crippen LogP contribution in [0.2, 0.25) is 0 Å². The van der Waals surface area contributed by atoms with E-state index in [1.165, 1.54) is 0 Å². The number of hydrogen-bond acceptors (Lipinski definition) is 5. The van der Waals surface area contributed by atoms with Crippen molar-refractivity contribution in [2.75, 3.05) is 0 Å². The van der Waals surface area contributed by atoms with Gasteiger partial charge in [-0.25, -0.2) is 9.59 Å². The minimum absolute atomic E-state index is 0.210. The number of carboxylic acids is 1. The van der Waals surface area contributed by atoms with Gasteiger partial charge in [-0.1, -0.05) is 15.9 Å². The summed E-state index contributed by atoms with van der Waals surface area (Å²) in [5, 5.41) is 19.4. The molecule has 0 heterocycles. The van der Waals surface area contributed by atoms with E-state index in [4.69, 9.17) is 5.11 Å². The van der Waals surface area contributed by atoms with Gasteiger partial charge in [-0.15, -0.1) is 0 Å². The molecule has 0 aromatic heterocycles. The molecule has 1 aromatic carbocycles. The molecular formula is C8H3BrN2O5. The Labute approximate surface area is 96.7 Å². The molecule has 0 unspecified atom stereocenters. The number of carboxylic acid groups (broad SMARTS) is 1. The second-order valence-electron chi connectivity index (χ2n) is 2.59. The van der Waals surface area contributed by atoms with Crippen LogP contribution in [0.1, 0.15) is 10.4 Å². The number of nitrogens with zero attached hydrogens (tertiary/aromatic N) is 2. The average Bonchev–Trinajstić information content (AvgIpc) is 2.19. The normalized spacial score (nSPS) is 9.31. The molecular weight excluding hydrogens is 284 g/mol. The van der Waals surface area contributed by atoms with Crippen LogP contribution in [0.3, 0.4) is 0 Å². The number of isocyanates is 1. The summed E-state index contributed by atoms with van der Waals surface area (Å²) in [6, 6.07) is 2.17. The van der Waals surface area contributed by atoms with E-state index in [0.717, 1.165) is 18.2 Å². The first-order chi connectivity index (χ1) is 7.47. The third kappa shape index (κ3) is 2.30. The predicted molar refractivity (Wildman–Crippen MR) is 55.5 cm³/mol. The maximum Gasteiger partial charge on any atom is 0.338 e. The molecule has 0 aliphatic rings. The number of nitro groups is 1. The van der Waals surface area contributed by atoms with Gasteiger partial charge in [0.15, 0.2) is 5.69 Å². The maximum atomic E-state index is 10.8. The van der Waals surface area contributed by atoms with E-state index in [1.807, 2.05) is 0 Å². The van der Waals surface area contributed by atoms with Crippen LogP contribution in [0, 0.1) is 10.1 Å². The summed E-state index contributed by atoms with van der Waals surface area (Å²) in [5.41, 5.74) is -1.53. The molecule has 0 saturated heterocycles. The lowest BCUT2D eigenvalue weighted by atomic mass is 10.1. The van der Waals surface area contributed by atoms with Crippen molar-refractivity contribution in [3.8, 4) is 0 Å². The van der Waals surface area contributed by atoms with Crippen LogP contribution in [-0.2, 0) is 4.79 Å². The predicted octanol–water partition coefficient (Wildman–Crippen LogP) is 2.02. The molecule has 82 valence electrons. The van der Waals surface area contributed by atoms with Gasteiger partial charge in [0.05, 0.1) is 10.5 Å². The topological polar surface area (TPSA) is 110 Å². The largest absolute Gasteiger partial charge is 0.478 e. The SMILES string of the molecule is O=C=Nc1c(C(=O)O)cc(Br)cc1[N+](=O)[O-]. The van der Waals surface area contributed by atoms with Crippen LogP contribution < -0.4 is 0 Å². The van der Waals surface area contributed by atoms with Gasteiger partial charge in [0.1, 0.15) is 0 Å². The maximum absolute atomic E-state index is 10.8. The van der Waals surface area contributed by atoms with Gasteiger partial charge in [0, 0.05) is 10.5 Å². The van der Waals surface area contributed by atoms with Crippen molar-refractivity contribution in [3.63, 3.8) is 0 Å². The van der Waals surface area contributed by atoms with Crippen LogP contribution >= 0.6 is 15.9 Å². The number of carbonyl (C=O) groups is 1. The lowest BCUT2D eigenvalue weighted by Gasteiger charge is -2.01. The molecule has 7 nitrogen and oxygen atoms in total. The Balaban J connectivity index is 3.66. The molecule has 0 aliphatic carbocycles. The van der Waals surface area contributed by atoms with E-state index in [0.29, 0.717) is 0 Å². The minimum atomic E-state index is -1.42. The molecule has 8 heteroatoms. The lowest BCUT2D eigenvalue weighted by molar-refractivity contribution is -0.384. The van der Waals surface area contributed by atoms with Crippen LogP contribution in [0.25, 0.3) is 0 Å². The lowest BCUT2D eigenvalue weighted by Crippen LogP contribution is -2.00. The number of halogens is 1. The van der Waals surface area contributed by atoms with Crippen molar-refractivity contribution in [3.05, 3.63) is 32.3 Å². The number of aliphatic imine (C=N–C) groups is 1. The highest BCUT2D eigenvalue weighted by Crippen LogP contribution is 2.34. The van der Waals surface area contributed by atoms with Crippen LogP contribution in [0.15, 0.2) is 21.6 Å². The molecule has 0 aliphatic heterocycles. The monoisotopic (exact) mass is 286 g/mol. The van der Waals surface area contributed by atoms with E-state index in [-0.39, 0.29) is 4.47 Å². The van der Waals surface area contributed by atoms with Crippen molar-refractivity contribution >= 4 is 39.4 Å². The molecule has 1 aromatic rings. The van der Waals surface area contributed by atoms with Crippen molar-refractivity contribution in [2.24, 2.45) is 4.99 Å². The molecule has 1 N–H and O–H groups in total. The summed E-state index contributed by atoms with van der Waals surface area (Å²) >= 11 is 2.93. The highest BCUT2D eigenvalue weighted by Gasteiger charge is 2.22. The van der Waals surface area contributed by atoms with E-state index in [9.17, 15) is 19.7 Å². The number of benzene rings is 1. The van der Waals surface area contributed by atoms with E-state index < -0.39 is 27.8 Å². The van der Waals surface area contributed by atoms with Gasteiger partial charge >= 0.3 is 5.97 Å². The second kappa shape index (κ2) is 4.65. The third-order valence-corrected chi connectivity index (χ3v) is 2.10. The summed E-state index contributed by atoms with van der Waals surface area (Å²) in [7, 11) is 0. The smallest absolute Gasteiger partial charge is 0.338 e. The minimum Gasteiger partial charge on any atom is -0.478 e. The Hall–Kier alpha value is -2.05. The molecule has 0 amide bonds. The van der Waals surface area contributed by atoms with Gasteiger partial charge in [-0.05, 0) is 6.07 Å². The molecule has 0 fully saturated rings. The first-order valence-electron chi connectivity index (χ1n) is 3.76. The molecule has 0 spiro atoms. The van der Waals surface area contributed by atoms with Crippen molar-refractivity contribution in [1.82, 2.24) is 0 Å². The standard InChI is InChI=1S/C8H3BrN2O5/c9-4-1-5(8(13)14)7(10-3-12)6(2-4)11(15)16/h1-2H,(H,13,14). The number of carbonyl (C=O) groups excluding carboxylic acids is 1. The molecule has 0 atom stereocenters. The summed E-state index contributed by atoms with van der Waals surface area (Å²) in [6.45, 7) is 0. The van der Waals surface area contributed by atoms with Gasteiger partial charge in [0.25, 0.3) is 5.69 Å². The van der Waals surface area contributed by atoms with Crippen molar-refractivity contribution in [2.45, 2.75) is 0 Å². The summed E-state index contributed by atoms with van der Waals surface area (Å²) < 4.78 is 0.210. The third-order valence-electron chi connectivity index (χ3n) is 1.64. The van der Waals surface area contributed by atoms with E-state index in [1.54, 1.807) is 0 Å². The highest BCUT2D eigenvalue weighted by atomic mass is 79.9. The van der Waals surface area contributed by atoms with Gasteiger partial charge in [-0.2, -0.15) is 4.99 Å². The van der Waals surface area contributed by atoms with Crippen LogP contribution in [0.5, 0.6) is 0 Å². The number of rotatable bonds is 3. The summed E-state index contributed by atoms with van der Waals surface area (Å²) in [5.74, 6) is -1.42. The van der Waals surface area contributed by atoms with Gasteiger partial charge in [0.2, 0.25) is 6.08 Å². The van der Waals surface area contributed by atoms with Crippen molar-refractivity contribution in [1.29, 1.82) is 0 Å². The fraction of sp³-hybridized carbons (Fsp3) is 0. The van der Waals surface area contributed by atoms with E-state index >= 15 is 0 Å². The Bertz CT molecular complexity index is 486. The first kappa shape index (κ1) is 12.0. The fourth-order valence-corrected chi connectivity index (χ4v) is 1.50. The number of nitro benzene ring substituents is 1. The molecule has 1 rings (SSSR count). The van der Waals surface area contributed by atoms with Crippen LogP contribution in [-0.4, -0.2) is 22.1 Å². The zero-order chi connectivity index (χ0) is 12.3. The van der Waals surface area contributed by atoms with Gasteiger partial charge in [-0.3, -0.25) is 10.1 Å². The zero-order valence-electron chi connectivity index (χ0n) is 7.51. The Morgan fingerprint density at radius 3 is 2.62 bits per heavy atom.